The van der Waals surface area contributed by atoms with Gasteiger partial charge in [0.2, 0.25) is 0 Å². The van der Waals surface area contributed by atoms with Crippen molar-refractivity contribution in [2.75, 3.05) is 40.4 Å². The number of fused-ring (bicyclic) bond motifs is 8. The Kier molecular flexibility index (Phi) is 14.3. The molecule has 0 saturated carbocycles. The summed E-state index contributed by atoms with van der Waals surface area (Å²) in [6.45, 7) is 12.1. The van der Waals surface area contributed by atoms with Gasteiger partial charge in [0.05, 0.1) is 37.5 Å². The minimum absolute atomic E-state index is 0. The summed E-state index contributed by atoms with van der Waals surface area (Å²) < 4.78 is 42.3. The van der Waals surface area contributed by atoms with E-state index < -0.39 is 22.6 Å². The average molecular weight is 771 g/mol. The zero-order valence-electron chi connectivity index (χ0n) is 32.2. The second-order valence-corrected chi connectivity index (χ2v) is 15.3. The molecule has 14 heteroatoms. The zero-order valence-corrected chi connectivity index (χ0v) is 34.1. The second kappa shape index (κ2) is 18.3. The fraction of sp³-hybridized carbons (Fsp3) is 0.450. The Bertz CT molecular complexity index is 1910. The van der Waals surface area contributed by atoms with Crippen LogP contribution in [0.4, 0.5) is 0 Å². The van der Waals surface area contributed by atoms with Crippen molar-refractivity contribution >= 4 is 32.2 Å². The number of piperidine rings is 6. The summed E-state index contributed by atoms with van der Waals surface area (Å²) in [6.07, 6.45) is 11.2. The van der Waals surface area contributed by atoms with E-state index in [0.717, 1.165) is 83.5 Å². The molecule has 2 aromatic carbocycles. The first-order chi connectivity index (χ1) is 25.4. The molecule has 286 valence electrons. The van der Waals surface area contributed by atoms with E-state index in [1.54, 1.807) is 26.6 Å². The van der Waals surface area contributed by atoms with E-state index >= 15 is 0 Å². The molecule has 4 aromatic rings. The molecule has 6 aliphatic rings. The van der Waals surface area contributed by atoms with Crippen LogP contribution in [0.5, 0.6) is 11.5 Å². The van der Waals surface area contributed by atoms with Crippen LogP contribution in [-0.2, 0) is 10.4 Å². The minimum Gasteiger partial charge on any atom is -1.00 e. The fourth-order valence-electron chi connectivity index (χ4n) is 8.89. The Morgan fingerprint density at radius 3 is 1.46 bits per heavy atom. The largest absolute Gasteiger partial charge is 1.00 e. The normalized spacial score (nSPS) is 28.0. The molecule has 6 fully saturated rings. The van der Waals surface area contributed by atoms with Gasteiger partial charge in [0.15, 0.2) is 0 Å². The van der Waals surface area contributed by atoms with E-state index in [9.17, 15) is 10.2 Å². The molecule has 10 atom stereocenters. The number of hydrogen-bond acceptors (Lipinski definition) is 10. The quantitative estimate of drug-likeness (QED) is 0.118. The first-order valence-corrected chi connectivity index (χ1v) is 19.5. The maximum atomic E-state index is 11.2. The number of methoxy groups -OCH3 is 2. The molecule has 0 amide bonds. The number of nitrogens with zero attached hydrogens (tertiary/aromatic N) is 4. The number of aliphatic hydroxyl groups is 2. The number of benzene rings is 2. The number of ether oxygens (including phenoxy) is 2. The fourth-order valence-corrected chi connectivity index (χ4v) is 8.89. The van der Waals surface area contributed by atoms with Crippen molar-refractivity contribution in [2.45, 2.75) is 50.0 Å². The molecule has 0 spiro atoms. The molecule has 8 heterocycles. The van der Waals surface area contributed by atoms with Crippen LogP contribution in [0.25, 0.3) is 21.8 Å². The number of aromatic nitrogens is 2. The van der Waals surface area contributed by atoms with Crippen molar-refractivity contribution in [3.8, 4) is 11.5 Å². The van der Waals surface area contributed by atoms with Crippen molar-refractivity contribution in [2.24, 2.45) is 23.7 Å². The van der Waals surface area contributed by atoms with E-state index in [0.29, 0.717) is 23.7 Å². The predicted octanol–water partition coefficient (Wildman–Crippen LogP) is 2.81. The zero-order chi connectivity index (χ0) is 37.9. The molecule has 12 nitrogen and oxygen atoms in total. The third kappa shape index (κ3) is 9.52. The molecular weight excluding hydrogens is 720 g/mol. The van der Waals surface area contributed by atoms with Gasteiger partial charge in [-0.2, -0.15) is 8.42 Å². The Morgan fingerprint density at radius 2 is 1.15 bits per heavy atom. The van der Waals surface area contributed by atoms with Crippen LogP contribution in [0.3, 0.4) is 0 Å². The minimum atomic E-state index is -4.67. The number of rotatable bonds is 8. The molecule has 6 aliphatic heterocycles. The van der Waals surface area contributed by atoms with Gasteiger partial charge in [-0.25, -0.2) is 0 Å². The molecule has 2 aromatic heterocycles. The monoisotopic (exact) mass is 770 g/mol. The first-order valence-electron chi connectivity index (χ1n) is 18.1. The van der Waals surface area contributed by atoms with Crippen LogP contribution in [0.1, 0.15) is 50.4 Å². The van der Waals surface area contributed by atoms with Gasteiger partial charge in [-0.3, -0.25) is 28.9 Å². The predicted molar refractivity (Wildman–Crippen MR) is 205 cm³/mol. The van der Waals surface area contributed by atoms with Gasteiger partial charge in [-0.15, -0.1) is 13.2 Å². The third-order valence-electron chi connectivity index (χ3n) is 11.6. The van der Waals surface area contributed by atoms with Crippen LogP contribution in [-0.4, -0.2) is 100.0 Å². The van der Waals surface area contributed by atoms with Crippen molar-refractivity contribution < 1.29 is 68.2 Å². The molecular formula is C40H51N4NaO8S. The van der Waals surface area contributed by atoms with E-state index in [1.807, 2.05) is 48.5 Å². The molecule has 4 bridgehead atoms. The van der Waals surface area contributed by atoms with E-state index in [2.05, 4.69) is 45.1 Å². The summed E-state index contributed by atoms with van der Waals surface area (Å²) >= 11 is 0. The summed E-state index contributed by atoms with van der Waals surface area (Å²) in [7, 11) is -1.34. The van der Waals surface area contributed by atoms with Crippen LogP contribution in [0.2, 0.25) is 0 Å². The maximum absolute atomic E-state index is 11.2. The van der Waals surface area contributed by atoms with E-state index in [1.165, 1.54) is 12.8 Å². The topological polar surface area (TPSA) is 166 Å². The van der Waals surface area contributed by atoms with E-state index in [4.69, 9.17) is 27.0 Å². The number of hydrogen-bond donors (Lipinski definition) is 4. The van der Waals surface area contributed by atoms with Gasteiger partial charge in [0.1, 0.15) is 11.5 Å². The van der Waals surface area contributed by atoms with E-state index in [-0.39, 0.29) is 43.1 Å². The summed E-state index contributed by atoms with van der Waals surface area (Å²) in [5.74, 6) is 4.01. The molecule has 0 aliphatic carbocycles. The Morgan fingerprint density at radius 1 is 0.759 bits per heavy atom. The second-order valence-electron chi connectivity index (χ2n) is 14.4. The van der Waals surface area contributed by atoms with Gasteiger partial charge in [-0.05, 0) is 122 Å². The van der Waals surface area contributed by atoms with Gasteiger partial charge in [-0.1, -0.05) is 12.2 Å². The van der Waals surface area contributed by atoms with Crippen LogP contribution in [0.15, 0.2) is 86.2 Å². The summed E-state index contributed by atoms with van der Waals surface area (Å²) in [4.78, 5) is 13.7. The van der Waals surface area contributed by atoms with Crippen LogP contribution < -0.4 is 39.0 Å². The van der Waals surface area contributed by atoms with Crippen molar-refractivity contribution in [3.63, 3.8) is 0 Å². The maximum Gasteiger partial charge on any atom is 1.00 e. The molecule has 6 saturated heterocycles. The Hall–Kier alpha value is -2.95. The molecule has 4 N–H and O–H groups in total. The smallest absolute Gasteiger partial charge is 1.00 e. The first kappa shape index (κ1) is 42.2. The number of pyridine rings is 2. The molecule has 0 radical (unpaired) electrons. The SMILES string of the molecule is C=C[C@H]1CN2CC[C@H]1C[C@H]2[C@H](O)c1ccnc2ccc(OC)cc12.C=C[C@H]1CN2CC[C@H]1C[C@H]2[C@H](O)c1ccnc2ccc(OC)cc12.O=S(=O)(O)O.[H-].[Na+]. The van der Waals surface area contributed by atoms with Gasteiger partial charge >= 0.3 is 40.0 Å². The Labute approximate surface area is 341 Å². The molecule has 10 rings (SSSR count). The van der Waals surface area contributed by atoms with Crippen molar-refractivity contribution in [1.82, 2.24) is 19.8 Å². The molecule has 54 heavy (non-hydrogen) atoms. The van der Waals surface area contributed by atoms with Gasteiger partial charge in [0, 0.05) is 48.3 Å². The molecule has 2 unspecified atom stereocenters. The van der Waals surface area contributed by atoms with Crippen LogP contribution in [0, 0.1) is 23.7 Å². The summed E-state index contributed by atoms with van der Waals surface area (Å²) in [5, 5.41) is 24.3. The average Bonchev–Trinajstić information content (AvgIpc) is 3.19. The van der Waals surface area contributed by atoms with Crippen molar-refractivity contribution in [1.29, 1.82) is 0 Å². The standard InChI is InChI=1S/2C20H24N2O2.Na.H2O4S.H/c2*1-3-13-12-22-9-7-14(13)10-19(22)20(23)16-6-8-21-18-5-4-15(24-2)11-17(16)18;;1-5(2,3)4;/h2*3-6,8,11,13-14,19-20,23H,1,7,9-10,12H2,2H3;;(H2,1,2,3,4);/q;;+1;;-1/t2*13-,14-,19-,20+;;;/m00.../s1. The summed E-state index contributed by atoms with van der Waals surface area (Å²) in [5.41, 5.74) is 3.69. The van der Waals surface area contributed by atoms with Crippen molar-refractivity contribution in [3.05, 3.63) is 97.4 Å². The van der Waals surface area contributed by atoms with Gasteiger partial charge in [0.25, 0.3) is 0 Å². The third-order valence-corrected chi connectivity index (χ3v) is 11.6. The summed E-state index contributed by atoms with van der Waals surface area (Å²) in [6, 6.07) is 15.9. The number of aliphatic hydroxyl groups excluding tert-OH is 2. The Balaban J connectivity index is 0.000000211. The van der Waals surface area contributed by atoms with Crippen LogP contribution >= 0.6 is 0 Å². The van der Waals surface area contributed by atoms with Gasteiger partial charge < -0.3 is 21.1 Å².